The zero-order valence-electron chi connectivity index (χ0n) is 11.5. The van der Waals surface area contributed by atoms with Gasteiger partial charge in [0.05, 0.1) is 18.8 Å². The maximum atomic E-state index is 10.9. The number of anilines is 1. The van der Waals surface area contributed by atoms with Gasteiger partial charge in [-0.05, 0) is 31.0 Å². The zero-order chi connectivity index (χ0) is 14.8. The van der Waals surface area contributed by atoms with E-state index in [1.54, 1.807) is 19.2 Å². The van der Waals surface area contributed by atoms with Gasteiger partial charge in [-0.1, -0.05) is 15.9 Å². The van der Waals surface area contributed by atoms with Gasteiger partial charge in [-0.25, -0.2) is 4.79 Å². The van der Waals surface area contributed by atoms with Crippen molar-refractivity contribution in [3.8, 4) is 0 Å². The summed E-state index contributed by atoms with van der Waals surface area (Å²) in [6, 6.07) is 5.07. The zero-order valence-corrected chi connectivity index (χ0v) is 13.1. The molecule has 6 heteroatoms. The summed E-state index contributed by atoms with van der Waals surface area (Å²) in [5, 5.41) is 12.2. The Morgan fingerprint density at radius 3 is 2.75 bits per heavy atom. The molecule has 0 radical (unpaired) electrons. The van der Waals surface area contributed by atoms with Crippen molar-refractivity contribution in [1.82, 2.24) is 0 Å². The van der Waals surface area contributed by atoms with E-state index in [0.29, 0.717) is 19.8 Å². The lowest BCUT2D eigenvalue weighted by atomic mass is 10.2. The number of aromatic carboxylic acids is 1. The minimum absolute atomic E-state index is 0.268. The molecule has 20 heavy (non-hydrogen) atoms. The van der Waals surface area contributed by atoms with E-state index in [4.69, 9.17) is 14.6 Å². The average Bonchev–Trinajstić information content (AvgIpc) is 2.41. The number of carboxylic acids is 1. The van der Waals surface area contributed by atoms with Crippen LogP contribution < -0.4 is 5.32 Å². The van der Waals surface area contributed by atoms with Crippen molar-refractivity contribution >= 4 is 27.6 Å². The molecule has 0 aliphatic heterocycles. The number of carbonyl (C=O) groups is 1. The molecule has 1 aromatic rings. The van der Waals surface area contributed by atoms with Crippen molar-refractivity contribution in [2.24, 2.45) is 0 Å². The highest BCUT2D eigenvalue weighted by Gasteiger charge is 2.05. The Balaban J connectivity index is 2.23. The molecule has 0 aromatic heterocycles. The van der Waals surface area contributed by atoms with Crippen LogP contribution in [0, 0.1) is 0 Å². The summed E-state index contributed by atoms with van der Waals surface area (Å²) in [6.45, 7) is 2.73. The van der Waals surface area contributed by atoms with Crippen molar-refractivity contribution in [2.75, 3.05) is 38.8 Å². The average molecular weight is 346 g/mol. The van der Waals surface area contributed by atoms with Gasteiger partial charge in [0.2, 0.25) is 0 Å². The first-order valence-corrected chi connectivity index (χ1v) is 7.27. The number of rotatable bonds is 10. The van der Waals surface area contributed by atoms with Crippen LogP contribution in [0.25, 0.3) is 0 Å². The number of carboxylic acid groups (broad SMARTS) is 1. The molecule has 0 aliphatic rings. The highest BCUT2D eigenvalue weighted by Crippen LogP contribution is 2.19. The lowest BCUT2D eigenvalue weighted by Crippen LogP contribution is -2.07. The molecule has 0 heterocycles. The van der Waals surface area contributed by atoms with Gasteiger partial charge < -0.3 is 19.9 Å². The van der Waals surface area contributed by atoms with E-state index < -0.39 is 5.97 Å². The smallest absolute Gasteiger partial charge is 0.335 e. The van der Waals surface area contributed by atoms with Crippen LogP contribution in [-0.4, -0.2) is 44.6 Å². The fourth-order valence-electron chi connectivity index (χ4n) is 1.62. The fraction of sp³-hybridized carbons (Fsp3) is 0.500. The van der Waals surface area contributed by atoms with Crippen LogP contribution in [0.2, 0.25) is 0 Å². The lowest BCUT2D eigenvalue weighted by molar-refractivity contribution is 0.0691. The Bertz CT molecular complexity index is 426. The van der Waals surface area contributed by atoms with E-state index >= 15 is 0 Å². The van der Waals surface area contributed by atoms with Crippen LogP contribution in [0.3, 0.4) is 0 Å². The van der Waals surface area contributed by atoms with Gasteiger partial charge in [0, 0.05) is 30.4 Å². The van der Waals surface area contributed by atoms with E-state index in [1.807, 2.05) is 6.07 Å². The van der Waals surface area contributed by atoms with E-state index in [2.05, 4.69) is 21.2 Å². The summed E-state index contributed by atoms with van der Waals surface area (Å²) in [6.07, 6.45) is 1.92. The molecule has 0 amide bonds. The summed E-state index contributed by atoms with van der Waals surface area (Å²) < 4.78 is 11.0. The van der Waals surface area contributed by atoms with Gasteiger partial charge >= 0.3 is 5.97 Å². The summed E-state index contributed by atoms with van der Waals surface area (Å²) in [5.74, 6) is -0.930. The van der Waals surface area contributed by atoms with Crippen molar-refractivity contribution in [2.45, 2.75) is 12.8 Å². The first-order chi connectivity index (χ1) is 9.63. The van der Waals surface area contributed by atoms with Crippen LogP contribution in [0.5, 0.6) is 0 Å². The number of hydrogen-bond acceptors (Lipinski definition) is 4. The second-order valence-corrected chi connectivity index (χ2v) is 5.19. The third-order valence-corrected chi connectivity index (χ3v) is 3.08. The largest absolute Gasteiger partial charge is 0.478 e. The van der Waals surface area contributed by atoms with E-state index in [1.165, 1.54) is 0 Å². The van der Waals surface area contributed by atoms with Gasteiger partial charge in [0.25, 0.3) is 0 Å². The maximum Gasteiger partial charge on any atom is 0.335 e. The quantitative estimate of drug-likeness (QED) is 0.638. The monoisotopic (exact) mass is 345 g/mol. The second-order valence-electron chi connectivity index (χ2n) is 4.27. The molecule has 0 unspecified atom stereocenters. The lowest BCUT2D eigenvalue weighted by Gasteiger charge is -2.08. The van der Waals surface area contributed by atoms with E-state index in [9.17, 15) is 4.79 Å². The molecule has 0 aliphatic carbocycles. The number of halogens is 1. The molecule has 0 bridgehead atoms. The topological polar surface area (TPSA) is 67.8 Å². The first-order valence-electron chi connectivity index (χ1n) is 6.48. The van der Waals surface area contributed by atoms with Gasteiger partial charge in [-0.3, -0.25) is 0 Å². The summed E-state index contributed by atoms with van der Waals surface area (Å²) in [7, 11) is 1.65. The van der Waals surface area contributed by atoms with Crippen LogP contribution in [0.1, 0.15) is 23.2 Å². The number of benzene rings is 1. The third-order valence-electron chi connectivity index (χ3n) is 2.62. The van der Waals surface area contributed by atoms with Gasteiger partial charge in [0.1, 0.15) is 0 Å². The van der Waals surface area contributed by atoms with Gasteiger partial charge in [-0.2, -0.15) is 0 Å². The molecular formula is C14H20BrNO4. The molecule has 2 N–H and O–H groups in total. The third kappa shape index (κ3) is 6.88. The predicted molar refractivity (Wildman–Crippen MR) is 81.5 cm³/mol. The molecule has 5 nitrogen and oxygen atoms in total. The number of methoxy groups -OCH3 is 1. The standard InChI is InChI=1S/C14H20BrNO4/c1-19-6-7-20-5-3-2-4-16-13-9-11(14(17)18)8-12(15)10-13/h8-10,16H,2-7H2,1H3,(H,17,18). The maximum absolute atomic E-state index is 10.9. The highest BCUT2D eigenvalue weighted by atomic mass is 79.9. The van der Waals surface area contributed by atoms with E-state index in [0.717, 1.165) is 29.5 Å². The molecular weight excluding hydrogens is 326 g/mol. The predicted octanol–water partition coefficient (Wildman–Crippen LogP) is 3.00. The molecule has 1 aromatic carbocycles. The van der Waals surface area contributed by atoms with E-state index in [-0.39, 0.29) is 5.56 Å². The molecule has 0 fully saturated rings. The SMILES string of the molecule is COCCOCCCCNc1cc(Br)cc(C(=O)O)c1. The minimum atomic E-state index is -0.930. The summed E-state index contributed by atoms with van der Waals surface area (Å²) >= 11 is 3.30. The van der Waals surface area contributed by atoms with Gasteiger partial charge in [0.15, 0.2) is 0 Å². The Kier molecular flexibility index (Phi) is 8.25. The molecule has 0 saturated heterocycles. The van der Waals surface area contributed by atoms with Crippen LogP contribution >= 0.6 is 15.9 Å². The van der Waals surface area contributed by atoms with Crippen molar-refractivity contribution in [1.29, 1.82) is 0 Å². The molecule has 0 atom stereocenters. The highest BCUT2D eigenvalue weighted by molar-refractivity contribution is 9.10. The van der Waals surface area contributed by atoms with Crippen molar-refractivity contribution in [3.63, 3.8) is 0 Å². The molecule has 112 valence electrons. The first kappa shape index (κ1) is 16.9. The summed E-state index contributed by atoms with van der Waals surface area (Å²) in [4.78, 5) is 10.9. The second kappa shape index (κ2) is 9.74. The number of nitrogens with one attached hydrogen (secondary N) is 1. The molecule has 0 saturated carbocycles. The van der Waals surface area contributed by atoms with Crippen LogP contribution in [0.15, 0.2) is 22.7 Å². The summed E-state index contributed by atoms with van der Waals surface area (Å²) in [5.41, 5.74) is 1.07. The number of hydrogen-bond donors (Lipinski definition) is 2. The minimum Gasteiger partial charge on any atom is -0.478 e. The Hall–Kier alpha value is -1.11. The fourth-order valence-corrected chi connectivity index (χ4v) is 2.11. The molecule has 0 spiro atoms. The number of unbranched alkanes of at least 4 members (excludes halogenated alkanes) is 1. The van der Waals surface area contributed by atoms with Crippen molar-refractivity contribution in [3.05, 3.63) is 28.2 Å². The Morgan fingerprint density at radius 2 is 2.05 bits per heavy atom. The van der Waals surface area contributed by atoms with Crippen LogP contribution in [0.4, 0.5) is 5.69 Å². The van der Waals surface area contributed by atoms with Crippen molar-refractivity contribution < 1.29 is 19.4 Å². The number of ether oxygens (including phenoxy) is 2. The Morgan fingerprint density at radius 1 is 1.25 bits per heavy atom. The van der Waals surface area contributed by atoms with Crippen LogP contribution in [-0.2, 0) is 9.47 Å². The Labute approximate surface area is 127 Å². The molecule has 1 rings (SSSR count). The normalized spacial score (nSPS) is 10.5. The van der Waals surface area contributed by atoms with Gasteiger partial charge in [-0.15, -0.1) is 0 Å².